The summed E-state index contributed by atoms with van der Waals surface area (Å²) in [6.07, 6.45) is 1.34. The molecule has 0 aliphatic carbocycles. The zero-order valence-corrected chi connectivity index (χ0v) is 12.8. The van der Waals surface area contributed by atoms with Crippen LogP contribution >= 0.6 is 11.6 Å². The molecular weight excluding hydrogens is 295 g/mol. The average Bonchev–Trinajstić information content (AvgIpc) is 2.90. The predicted octanol–water partition coefficient (Wildman–Crippen LogP) is 2.32. The van der Waals surface area contributed by atoms with Gasteiger partial charge in [0, 0.05) is 13.1 Å². The van der Waals surface area contributed by atoms with Crippen LogP contribution in [0.3, 0.4) is 0 Å². The van der Waals surface area contributed by atoms with Gasteiger partial charge in [-0.3, -0.25) is 4.79 Å². The fourth-order valence-corrected chi connectivity index (χ4v) is 2.73. The highest BCUT2D eigenvalue weighted by molar-refractivity contribution is 6.32. The summed E-state index contributed by atoms with van der Waals surface area (Å²) in [4.78, 5) is 13.9. The summed E-state index contributed by atoms with van der Waals surface area (Å²) in [7, 11) is 1.92. The van der Waals surface area contributed by atoms with Gasteiger partial charge in [-0.2, -0.15) is 0 Å². The van der Waals surface area contributed by atoms with Crippen LogP contribution < -0.4 is 10.1 Å². The molecular formula is C15H20ClFN2O2. The molecule has 21 heavy (non-hydrogen) atoms. The minimum atomic E-state index is -0.406. The highest BCUT2D eigenvalue weighted by Gasteiger charge is 2.25. The van der Waals surface area contributed by atoms with Crippen LogP contribution in [0.4, 0.5) is 4.39 Å². The maximum Gasteiger partial charge on any atom is 0.226 e. The van der Waals surface area contributed by atoms with Crippen LogP contribution in [0.15, 0.2) is 18.2 Å². The summed E-state index contributed by atoms with van der Waals surface area (Å²) in [5.74, 6) is 0.620. The molecule has 0 radical (unpaired) electrons. The first-order valence-corrected chi connectivity index (χ1v) is 7.48. The molecule has 0 spiro atoms. The number of amides is 1. The number of carbonyl (C=O) groups is 1. The van der Waals surface area contributed by atoms with Crippen molar-refractivity contribution in [3.63, 3.8) is 0 Å². The van der Waals surface area contributed by atoms with Gasteiger partial charge in [0.1, 0.15) is 11.6 Å². The van der Waals surface area contributed by atoms with E-state index in [0.717, 1.165) is 26.1 Å². The SMILES string of the molecule is CNC[C@@H]1CCN(C(=O)CCOc2ccc(F)cc2Cl)C1. The van der Waals surface area contributed by atoms with Crippen LogP contribution in [0.1, 0.15) is 12.8 Å². The van der Waals surface area contributed by atoms with Gasteiger partial charge in [0.15, 0.2) is 0 Å². The number of benzene rings is 1. The zero-order valence-electron chi connectivity index (χ0n) is 12.1. The number of rotatable bonds is 6. The van der Waals surface area contributed by atoms with Gasteiger partial charge in [0.25, 0.3) is 0 Å². The number of nitrogens with zero attached hydrogens (tertiary/aromatic N) is 1. The highest BCUT2D eigenvalue weighted by atomic mass is 35.5. The number of halogens is 2. The van der Waals surface area contributed by atoms with Crippen LogP contribution in [-0.4, -0.2) is 44.1 Å². The molecule has 6 heteroatoms. The first kappa shape index (κ1) is 16.0. The molecule has 1 fully saturated rings. The quantitative estimate of drug-likeness (QED) is 0.876. The molecule has 1 aromatic rings. The van der Waals surface area contributed by atoms with E-state index in [1.54, 1.807) is 0 Å². The molecule has 1 heterocycles. The number of likely N-dealkylation sites (tertiary alicyclic amines) is 1. The third kappa shape index (κ3) is 4.58. The lowest BCUT2D eigenvalue weighted by Crippen LogP contribution is -2.31. The highest BCUT2D eigenvalue weighted by Crippen LogP contribution is 2.25. The van der Waals surface area contributed by atoms with E-state index in [0.29, 0.717) is 18.1 Å². The Morgan fingerprint density at radius 2 is 2.38 bits per heavy atom. The molecule has 2 rings (SSSR count). The van der Waals surface area contributed by atoms with E-state index < -0.39 is 5.82 Å². The molecule has 0 saturated carbocycles. The van der Waals surface area contributed by atoms with Crippen molar-refractivity contribution in [3.05, 3.63) is 29.0 Å². The van der Waals surface area contributed by atoms with Crippen molar-refractivity contribution >= 4 is 17.5 Å². The van der Waals surface area contributed by atoms with Crippen LogP contribution in [0.25, 0.3) is 0 Å². The lowest BCUT2D eigenvalue weighted by Gasteiger charge is -2.17. The summed E-state index contributed by atoms with van der Waals surface area (Å²) in [5, 5.41) is 3.36. The molecule has 1 saturated heterocycles. The summed E-state index contributed by atoms with van der Waals surface area (Å²) >= 11 is 5.86. The van der Waals surface area contributed by atoms with Crippen molar-refractivity contribution in [3.8, 4) is 5.75 Å². The van der Waals surface area contributed by atoms with Crippen molar-refractivity contribution in [2.24, 2.45) is 5.92 Å². The second kappa shape index (κ2) is 7.61. The van der Waals surface area contributed by atoms with E-state index in [1.807, 2.05) is 11.9 Å². The van der Waals surface area contributed by atoms with Crippen molar-refractivity contribution in [1.82, 2.24) is 10.2 Å². The number of hydrogen-bond acceptors (Lipinski definition) is 3. The number of ether oxygens (including phenoxy) is 1. The van der Waals surface area contributed by atoms with Gasteiger partial charge in [-0.05, 0) is 44.1 Å². The molecule has 1 atom stereocenters. The minimum Gasteiger partial charge on any atom is -0.491 e. The first-order valence-electron chi connectivity index (χ1n) is 7.10. The van der Waals surface area contributed by atoms with Crippen molar-refractivity contribution < 1.29 is 13.9 Å². The summed E-state index contributed by atoms with van der Waals surface area (Å²) < 4.78 is 18.3. The van der Waals surface area contributed by atoms with Crippen molar-refractivity contribution in [2.45, 2.75) is 12.8 Å². The Morgan fingerprint density at radius 3 is 3.10 bits per heavy atom. The summed E-state index contributed by atoms with van der Waals surface area (Å²) in [6, 6.07) is 3.95. The van der Waals surface area contributed by atoms with Crippen molar-refractivity contribution in [1.29, 1.82) is 0 Å². The third-order valence-electron chi connectivity index (χ3n) is 3.60. The van der Waals surface area contributed by atoms with Crippen LogP contribution in [0.2, 0.25) is 5.02 Å². The van der Waals surface area contributed by atoms with Crippen molar-refractivity contribution in [2.75, 3.05) is 33.3 Å². The van der Waals surface area contributed by atoms with E-state index in [2.05, 4.69) is 5.32 Å². The Hall–Kier alpha value is -1.33. The zero-order chi connectivity index (χ0) is 15.2. The number of nitrogens with one attached hydrogen (secondary N) is 1. The second-order valence-electron chi connectivity index (χ2n) is 5.23. The topological polar surface area (TPSA) is 41.6 Å². The molecule has 116 valence electrons. The fraction of sp³-hybridized carbons (Fsp3) is 0.533. The van der Waals surface area contributed by atoms with Gasteiger partial charge in [-0.1, -0.05) is 11.6 Å². The van der Waals surface area contributed by atoms with Gasteiger partial charge >= 0.3 is 0 Å². The Kier molecular flexibility index (Phi) is 5.82. The van der Waals surface area contributed by atoms with E-state index in [1.165, 1.54) is 18.2 Å². The summed E-state index contributed by atoms with van der Waals surface area (Å²) in [5.41, 5.74) is 0. The molecule has 0 aromatic heterocycles. The maximum atomic E-state index is 12.9. The summed E-state index contributed by atoms with van der Waals surface area (Å²) in [6.45, 7) is 2.79. The van der Waals surface area contributed by atoms with Gasteiger partial charge in [0.05, 0.1) is 18.1 Å². The first-order chi connectivity index (χ1) is 10.1. The Morgan fingerprint density at radius 1 is 1.57 bits per heavy atom. The van der Waals surface area contributed by atoms with Crippen LogP contribution in [0.5, 0.6) is 5.75 Å². The third-order valence-corrected chi connectivity index (χ3v) is 3.89. The molecule has 1 amide bonds. The lowest BCUT2D eigenvalue weighted by molar-refractivity contribution is -0.130. The standard InChI is InChI=1S/C15H20ClFN2O2/c1-18-9-11-4-6-19(10-11)15(20)5-7-21-14-3-2-12(17)8-13(14)16/h2-3,8,11,18H,4-7,9-10H2,1H3/t11-/m0/s1. The minimum absolute atomic E-state index is 0.0897. The predicted molar refractivity (Wildman–Crippen MR) is 80.1 cm³/mol. The average molecular weight is 315 g/mol. The molecule has 0 unspecified atom stereocenters. The molecule has 1 aliphatic heterocycles. The molecule has 0 bridgehead atoms. The van der Waals surface area contributed by atoms with E-state index in [-0.39, 0.29) is 17.5 Å². The van der Waals surface area contributed by atoms with Gasteiger partial charge in [-0.15, -0.1) is 0 Å². The number of hydrogen-bond donors (Lipinski definition) is 1. The largest absolute Gasteiger partial charge is 0.491 e. The van der Waals surface area contributed by atoms with E-state index in [9.17, 15) is 9.18 Å². The van der Waals surface area contributed by atoms with Crippen LogP contribution in [0, 0.1) is 11.7 Å². The smallest absolute Gasteiger partial charge is 0.226 e. The van der Waals surface area contributed by atoms with E-state index >= 15 is 0 Å². The van der Waals surface area contributed by atoms with Gasteiger partial charge in [0.2, 0.25) is 5.91 Å². The van der Waals surface area contributed by atoms with Gasteiger partial charge in [-0.25, -0.2) is 4.39 Å². The van der Waals surface area contributed by atoms with E-state index in [4.69, 9.17) is 16.3 Å². The molecule has 4 nitrogen and oxygen atoms in total. The number of carbonyl (C=O) groups excluding carboxylic acids is 1. The normalized spacial score (nSPS) is 18.0. The Bertz CT molecular complexity index is 499. The maximum absolute atomic E-state index is 12.9. The fourth-order valence-electron chi connectivity index (χ4n) is 2.51. The van der Waals surface area contributed by atoms with Crippen LogP contribution in [-0.2, 0) is 4.79 Å². The Labute approximate surface area is 129 Å². The molecule has 1 aliphatic rings. The lowest BCUT2D eigenvalue weighted by atomic mass is 10.1. The monoisotopic (exact) mass is 314 g/mol. The second-order valence-corrected chi connectivity index (χ2v) is 5.63. The van der Waals surface area contributed by atoms with Gasteiger partial charge < -0.3 is 15.0 Å². The Balaban J connectivity index is 1.74. The molecule has 1 N–H and O–H groups in total. The molecule has 1 aromatic carbocycles.